The van der Waals surface area contributed by atoms with Gasteiger partial charge in [-0.15, -0.1) is 0 Å². The average molecular weight is 1030 g/mol. The first kappa shape index (κ1) is 48.5. The molecular weight excluding hydrogens is 978 g/mol. The Kier molecular flexibility index (Phi) is 12.6. The normalized spacial score (nSPS) is 18.0. The van der Waals surface area contributed by atoms with E-state index in [0.29, 0.717) is 41.5 Å². The van der Waals surface area contributed by atoms with Crippen LogP contribution >= 0.6 is 11.3 Å². The largest absolute Gasteiger partial charge is 0.493 e. The summed E-state index contributed by atoms with van der Waals surface area (Å²) in [6.45, 7) is 2.43. The van der Waals surface area contributed by atoms with Gasteiger partial charge in [0.25, 0.3) is 5.91 Å². The lowest BCUT2D eigenvalue weighted by atomic mass is 9.58. The van der Waals surface area contributed by atoms with Gasteiger partial charge < -0.3 is 20.1 Å². The minimum Gasteiger partial charge on any atom is -0.493 e. The molecule has 1 unspecified atom stereocenters. The van der Waals surface area contributed by atoms with Crippen LogP contribution in [0.15, 0.2) is 85.1 Å². The Morgan fingerprint density at radius 1 is 0.919 bits per heavy atom. The molecule has 3 aliphatic heterocycles. The van der Waals surface area contributed by atoms with Crippen LogP contribution in [0.2, 0.25) is 0 Å². The molecule has 7 aromatic rings. The van der Waals surface area contributed by atoms with Crippen LogP contribution in [0, 0.1) is 11.3 Å². The monoisotopic (exact) mass is 1030 g/mol. The molecule has 11 rings (SSSR count). The summed E-state index contributed by atoms with van der Waals surface area (Å²) in [5.74, 6) is -2.92. The quantitative estimate of drug-likeness (QED) is 0.0851. The highest BCUT2D eigenvalue weighted by molar-refractivity contribution is 7.22. The molecule has 2 saturated heterocycles. The Bertz CT molecular complexity index is 3380. The molecule has 0 bridgehead atoms. The number of aryl methyl sites for hydroxylation is 1. The van der Waals surface area contributed by atoms with Gasteiger partial charge in [0.15, 0.2) is 10.8 Å². The lowest BCUT2D eigenvalue weighted by Crippen LogP contribution is -2.49. The van der Waals surface area contributed by atoms with Crippen molar-refractivity contribution in [2.45, 2.75) is 63.6 Å². The first-order valence-corrected chi connectivity index (χ1v) is 25.2. The number of amides is 4. The highest BCUT2D eigenvalue weighted by Gasteiger charge is 2.46. The molecule has 3 aromatic carbocycles. The maximum Gasteiger partial charge on any atom is 0.417 e. The third-order valence-corrected chi connectivity index (χ3v) is 15.8. The van der Waals surface area contributed by atoms with Gasteiger partial charge >= 0.3 is 12.1 Å². The van der Waals surface area contributed by atoms with E-state index in [0.717, 1.165) is 71.5 Å². The Labute approximate surface area is 425 Å². The van der Waals surface area contributed by atoms with E-state index in [1.807, 2.05) is 42.5 Å². The van der Waals surface area contributed by atoms with Gasteiger partial charge in [-0.05, 0) is 135 Å². The third-order valence-electron chi connectivity index (χ3n) is 14.8. The first-order chi connectivity index (χ1) is 35.6. The van der Waals surface area contributed by atoms with E-state index in [2.05, 4.69) is 40.9 Å². The van der Waals surface area contributed by atoms with E-state index >= 15 is 0 Å². The zero-order chi connectivity index (χ0) is 51.5. The Morgan fingerprint density at radius 3 is 2.49 bits per heavy atom. The van der Waals surface area contributed by atoms with Gasteiger partial charge in [-0.25, -0.2) is 14.8 Å². The van der Waals surface area contributed by atoms with Crippen molar-refractivity contribution in [2.75, 3.05) is 48.3 Å². The number of halogens is 3. The van der Waals surface area contributed by atoms with Gasteiger partial charge in [0.1, 0.15) is 17.3 Å². The average Bonchev–Trinajstić information content (AvgIpc) is 3.94. The number of benzene rings is 3. The zero-order valence-corrected chi connectivity index (χ0v) is 40.8. The molecule has 7 heterocycles. The number of aromatic carboxylic acids is 1. The van der Waals surface area contributed by atoms with Crippen molar-refractivity contribution >= 4 is 78.7 Å². The van der Waals surface area contributed by atoms with Crippen LogP contribution in [0.25, 0.3) is 32.2 Å². The van der Waals surface area contributed by atoms with Crippen LogP contribution in [0.3, 0.4) is 0 Å². The molecule has 4 aromatic heterocycles. The number of para-hydroxylation sites is 1. The van der Waals surface area contributed by atoms with Gasteiger partial charge in [-0.1, -0.05) is 29.5 Å². The number of ether oxygens (including phenoxy) is 1. The molecule has 4 amide bonds. The molecule has 74 heavy (non-hydrogen) atoms. The van der Waals surface area contributed by atoms with Crippen LogP contribution in [-0.4, -0.2) is 97.1 Å². The number of likely N-dealkylation sites (tertiary alicyclic amines) is 1. The second-order valence-corrected chi connectivity index (χ2v) is 20.7. The second kappa shape index (κ2) is 19.2. The Balaban J connectivity index is 0.693. The van der Waals surface area contributed by atoms with Gasteiger partial charge in [-0.3, -0.25) is 44.4 Å². The molecule has 0 radical (unpaired) electrons. The summed E-state index contributed by atoms with van der Waals surface area (Å²) in [7, 11) is 1.77. The van der Waals surface area contributed by atoms with Crippen molar-refractivity contribution in [3.05, 3.63) is 119 Å². The molecule has 4 aliphatic rings. The summed E-state index contributed by atoms with van der Waals surface area (Å²) < 4.78 is 53.0. The van der Waals surface area contributed by atoms with Crippen LogP contribution < -0.4 is 25.6 Å². The number of carbonyl (C=O) groups excluding carboxylic acids is 4. The molecule has 1 saturated carbocycles. The summed E-state index contributed by atoms with van der Waals surface area (Å²) in [5.41, 5.74) is 2.31. The van der Waals surface area contributed by atoms with Crippen molar-refractivity contribution in [3.8, 4) is 16.9 Å². The molecule has 4 N–H and O–H groups in total. The number of nitrogens with one attached hydrogen (secondary N) is 3. The number of carboxylic acids is 1. The summed E-state index contributed by atoms with van der Waals surface area (Å²) in [6.07, 6.45) is 1.27. The molecule has 17 nitrogen and oxygen atoms in total. The summed E-state index contributed by atoms with van der Waals surface area (Å²) in [4.78, 5) is 80.8. The number of pyridine rings is 2. The van der Waals surface area contributed by atoms with Gasteiger partial charge in [0.05, 0.1) is 46.1 Å². The fraction of sp³-hybridized carbons (Fsp3) is 0.340. The lowest BCUT2D eigenvalue weighted by molar-refractivity contribution is -0.137. The minimum atomic E-state index is -4.85. The predicted octanol–water partition coefficient (Wildman–Crippen LogP) is 8.20. The molecule has 21 heteroatoms. The van der Waals surface area contributed by atoms with Crippen molar-refractivity contribution in [1.82, 2.24) is 34.9 Å². The van der Waals surface area contributed by atoms with E-state index in [1.54, 1.807) is 28.9 Å². The number of carbonyl (C=O) groups is 5. The van der Waals surface area contributed by atoms with Crippen molar-refractivity contribution in [1.29, 1.82) is 0 Å². The topological polar surface area (TPSA) is 214 Å². The highest BCUT2D eigenvalue weighted by atomic mass is 32.1. The third kappa shape index (κ3) is 9.63. The van der Waals surface area contributed by atoms with Crippen LogP contribution in [-0.2, 0) is 40.6 Å². The van der Waals surface area contributed by atoms with Gasteiger partial charge in [0, 0.05) is 55.0 Å². The number of piperidine rings is 2. The van der Waals surface area contributed by atoms with E-state index in [4.69, 9.17) is 4.74 Å². The van der Waals surface area contributed by atoms with E-state index in [9.17, 15) is 42.3 Å². The number of nitrogens with zero attached hydrogens (tertiary/aromatic N) is 7. The first-order valence-electron chi connectivity index (χ1n) is 24.4. The van der Waals surface area contributed by atoms with Crippen molar-refractivity contribution in [3.63, 3.8) is 0 Å². The summed E-state index contributed by atoms with van der Waals surface area (Å²) in [5, 5.41) is 24.3. The maximum atomic E-state index is 14.8. The van der Waals surface area contributed by atoms with Gasteiger partial charge in [0.2, 0.25) is 17.7 Å². The number of anilines is 3. The molecule has 1 aliphatic carbocycles. The fourth-order valence-corrected chi connectivity index (χ4v) is 12.0. The summed E-state index contributed by atoms with van der Waals surface area (Å²) in [6, 6.07) is 21.2. The molecule has 1 spiro atoms. The number of aromatic nitrogens is 5. The number of imide groups is 1. The molecule has 380 valence electrons. The van der Waals surface area contributed by atoms with Crippen LogP contribution in [0.1, 0.15) is 87.8 Å². The molecule has 1 atom stereocenters. The van der Waals surface area contributed by atoms with E-state index < -0.39 is 35.2 Å². The lowest BCUT2D eigenvalue weighted by Gasteiger charge is -2.52. The second-order valence-electron chi connectivity index (χ2n) is 19.6. The Hall–Kier alpha value is -7.78. The fourth-order valence-electron chi connectivity index (χ4n) is 11.1. The smallest absolute Gasteiger partial charge is 0.417 e. The number of carboxylic acid groups (broad SMARTS) is 1. The van der Waals surface area contributed by atoms with Crippen molar-refractivity contribution < 1.29 is 47.0 Å². The van der Waals surface area contributed by atoms with Crippen LogP contribution in [0.5, 0.6) is 5.75 Å². The van der Waals surface area contributed by atoms with Gasteiger partial charge in [-0.2, -0.15) is 18.3 Å². The maximum absolute atomic E-state index is 14.8. The zero-order valence-electron chi connectivity index (χ0n) is 40.0. The van der Waals surface area contributed by atoms with E-state index in [-0.39, 0.29) is 83.6 Å². The number of thiazole rings is 1. The number of fused-ring (bicyclic) bond motifs is 3. The van der Waals surface area contributed by atoms with E-state index in [1.165, 1.54) is 35.6 Å². The minimum absolute atomic E-state index is 0.0187. The Morgan fingerprint density at radius 2 is 1.72 bits per heavy atom. The SMILES string of the molecule is Cn1nc(C2CCC(=O)NC2=O)c2ccc(NC(=O)CN3CCC4(CC3)CC(COc3ccc(-c5ccc(N6CCc7ccnc(C(=O)Nc8nc9ccccc9s8)c7C6)nc5C(=O)O)c(C(F)(F)F)c3)C4)cc21. The standard InChI is InChI=1S/C53H49F3N10O7S/c1-64-40-22-31(6-8-35(40)45(63-64)36-11-13-43(67)61-48(36)69)58-44(68)27-65-20-16-52(17-21-65)24-29(25-52)28-73-32-7-9-33(38(23-32)53(54,55)56)34-10-12-42(60-47(34)50(71)72)66-19-15-30-14-18-57-46(37(30)26-66)49(70)62-51-59-39-4-2-3-5-41(39)74-51/h2-10,12,14,18,22-23,29,36H,11,13,15-17,19-21,24-28H2,1H3,(H,58,68)(H,71,72)(H,59,62,70)(H,61,67,69). The summed E-state index contributed by atoms with van der Waals surface area (Å²) >= 11 is 1.33. The number of hydrogen-bond donors (Lipinski definition) is 4. The number of alkyl halides is 3. The van der Waals surface area contributed by atoms with Crippen molar-refractivity contribution in [2.24, 2.45) is 18.4 Å². The highest BCUT2D eigenvalue weighted by Crippen LogP contribution is 2.53. The van der Waals surface area contributed by atoms with Crippen LogP contribution in [0.4, 0.5) is 29.8 Å². The number of rotatable bonds is 12. The predicted molar refractivity (Wildman–Crippen MR) is 269 cm³/mol. The number of hydrogen-bond acceptors (Lipinski definition) is 13. The molecular formula is C53H49F3N10O7S. The molecule has 3 fully saturated rings.